The topological polar surface area (TPSA) is 34.9 Å². The molecule has 0 bridgehead atoms. The van der Waals surface area contributed by atoms with Crippen LogP contribution in [0.15, 0.2) is 41.2 Å². The summed E-state index contributed by atoms with van der Waals surface area (Å²) in [4.78, 5) is 16.4. The molecule has 0 amide bonds. The summed E-state index contributed by atoms with van der Waals surface area (Å²) in [5.41, 5.74) is 1.74. The first-order valence-electron chi connectivity index (χ1n) is 6.34. The molecule has 0 saturated carbocycles. The standard InChI is InChI=1S/C15H18N2O/c1-3-4-5-6-11-17-14(18)10-9-13-8-7-12(2)16-15(13)17/h4-5,7-10H,3,6,11H2,1-2H3. The Morgan fingerprint density at radius 3 is 2.78 bits per heavy atom. The molecule has 2 aromatic rings. The lowest BCUT2D eigenvalue weighted by Crippen LogP contribution is -2.20. The van der Waals surface area contributed by atoms with E-state index in [1.807, 2.05) is 25.1 Å². The predicted molar refractivity (Wildman–Crippen MR) is 74.8 cm³/mol. The number of nitrogens with zero attached hydrogens (tertiary/aromatic N) is 2. The Balaban J connectivity index is 2.40. The molecule has 0 unspecified atom stereocenters. The summed E-state index contributed by atoms with van der Waals surface area (Å²) < 4.78 is 1.75. The highest BCUT2D eigenvalue weighted by molar-refractivity contribution is 5.74. The Morgan fingerprint density at radius 2 is 2.00 bits per heavy atom. The third-order valence-electron chi connectivity index (χ3n) is 2.89. The minimum atomic E-state index is 0.0190. The van der Waals surface area contributed by atoms with Gasteiger partial charge >= 0.3 is 0 Å². The van der Waals surface area contributed by atoms with Crippen molar-refractivity contribution in [3.8, 4) is 0 Å². The van der Waals surface area contributed by atoms with Crippen LogP contribution in [0.2, 0.25) is 0 Å². The summed E-state index contributed by atoms with van der Waals surface area (Å²) in [5, 5.41) is 1.01. The van der Waals surface area contributed by atoms with Crippen molar-refractivity contribution in [2.75, 3.05) is 0 Å². The molecule has 94 valence electrons. The molecule has 3 nitrogen and oxygen atoms in total. The third kappa shape index (κ3) is 2.67. The average molecular weight is 242 g/mol. The van der Waals surface area contributed by atoms with Crippen LogP contribution in [0.3, 0.4) is 0 Å². The van der Waals surface area contributed by atoms with Crippen molar-refractivity contribution in [1.29, 1.82) is 0 Å². The highest BCUT2D eigenvalue weighted by Gasteiger charge is 2.03. The monoisotopic (exact) mass is 242 g/mol. The molecule has 2 aromatic heterocycles. The Labute approximate surface area is 107 Å². The van der Waals surface area contributed by atoms with E-state index in [1.54, 1.807) is 10.6 Å². The quantitative estimate of drug-likeness (QED) is 0.772. The van der Waals surface area contributed by atoms with Crippen LogP contribution in [0.5, 0.6) is 0 Å². The summed E-state index contributed by atoms with van der Waals surface area (Å²) in [6, 6.07) is 7.43. The number of hydrogen-bond acceptors (Lipinski definition) is 2. The molecule has 3 heteroatoms. The maximum atomic E-state index is 11.9. The Hall–Kier alpha value is -1.90. The van der Waals surface area contributed by atoms with Gasteiger partial charge in [0.05, 0.1) is 0 Å². The molecule has 0 spiro atoms. The zero-order valence-corrected chi connectivity index (χ0v) is 10.9. The first kappa shape index (κ1) is 12.6. The molecule has 0 aliphatic rings. The molecule has 2 rings (SSSR count). The molecule has 0 aromatic carbocycles. The first-order chi connectivity index (χ1) is 8.72. The fourth-order valence-electron chi connectivity index (χ4n) is 1.96. The number of hydrogen-bond donors (Lipinski definition) is 0. The van der Waals surface area contributed by atoms with Crippen molar-refractivity contribution >= 4 is 11.0 Å². The molecule has 0 radical (unpaired) electrons. The lowest BCUT2D eigenvalue weighted by Gasteiger charge is -2.08. The van der Waals surface area contributed by atoms with Crippen molar-refractivity contribution in [3.63, 3.8) is 0 Å². The van der Waals surface area contributed by atoms with Gasteiger partial charge in [-0.2, -0.15) is 0 Å². The molecule has 0 aliphatic heterocycles. The number of aromatic nitrogens is 2. The van der Waals surface area contributed by atoms with Gasteiger partial charge in [-0.25, -0.2) is 4.98 Å². The fourth-order valence-corrected chi connectivity index (χ4v) is 1.96. The van der Waals surface area contributed by atoms with Gasteiger partial charge in [-0.3, -0.25) is 9.36 Å². The van der Waals surface area contributed by atoms with Gasteiger partial charge in [-0.05, 0) is 38.0 Å². The SMILES string of the molecule is CCC=CCCn1c(=O)ccc2ccc(C)nc21. The van der Waals surface area contributed by atoms with Gasteiger partial charge in [0.15, 0.2) is 0 Å². The first-order valence-corrected chi connectivity index (χ1v) is 6.34. The van der Waals surface area contributed by atoms with Crippen LogP contribution in [0.25, 0.3) is 11.0 Å². The number of pyridine rings is 2. The maximum absolute atomic E-state index is 11.9. The van der Waals surface area contributed by atoms with E-state index in [1.165, 1.54) is 0 Å². The second-order valence-electron chi connectivity index (χ2n) is 4.36. The zero-order valence-electron chi connectivity index (χ0n) is 10.9. The summed E-state index contributed by atoms with van der Waals surface area (Å²) in [6.45, 7) is 4.73. The van der Waals surface area contributed by atoms with E-state index < -0.39 is 0 Å². The van der Waals surface area contributed by atoms with Crippen LogP contribution in [0.4, 0.5) is 0 Å². The van der Waals surface area contributed by atoms with Crippen LogP contribution in [-0.2, 0) is 6.54 Å². The minimum Gasteiger partial charge on any atom is -0.292 e. The van der Waals surface area contributed by atoms with Gasteiger partial charge in [0.1, 0.15) is 5.65 Å². The summed E-state index contributed by atoms with van der Waals surface area (Å²) in [7, 11) is 0. The van der Waals surface area contributed by atoms with Gasteiger partial charge < -0.3 is 0 Å². The number of rotatable bonds is 4. The van der Waals surface area contributed by atoms with Crippen molar-refractivity contribution < 1.29 is 0 Å². The second kappa shape index (κ2) is 5.63. The number of aryl methyl sites for hydroxylation is 2. The molecule has 0 N–H and O–H groups in total. The molecular weight excluding hydrogens is 224 g/mol. The molecule has 0 aliphatic carbocycles. The van der Waals surface area contributed by atoms with Gasteiger partial charge in [0, 0.05) is 23.7 Å². The minimum absolute atomic E-state index is 0.0190. The highest BCUT2D eigenvalue weighted by atomic mass is 16.1. The lowest BCUT2D eigenvalue weighted by atomic mass is 10.2. The largest absolute Gasteiger partial charge is 0.292 e. The fraction of sp³-hybridized carbons (Fsp3) is 0.333. The second-order valence-corrected chi connectivity index (χ2v) is 4.36. The Bertz CT molecular complexity index is 626. The molecule has 0 fully saturated rings. The van der Waals surface area contributed by atoms with E-state index in [0.29, 0.717) is 6.54 Å². The summed E-state index contributed by atoms with van der Waals surface area (Å²) >= 11 is 0. The van der Waals surface area contributed by atoms with Crippen molar-refractivity contribution in [2.24, 2.45) is 0 Å². The van der Waals surface area contributed by atoms with Crippen LogP contribution in [0.1, 0.15) is 25.5 Å². The van der Waals surface area contributed by atoms with Crippen molar-refractivity contribution in [1.82, 2.24) is 9.55 Å². The van der Waals surface area contributed by atoms with E-state index in [0.717, 1.165) is 29.6 Å². The average Bonchev–Trinajstić information content (AvgIpc) is 2.36. The zero-order chi connectivity index (χ0) is 13.0. The molecular formula is C15H18N2O. The predicted octanol–water partition coefficient (Wildman–Crippen LogP) is 3.06. The molecule has 2 heterocycles. The number of allylic oxidation sites excluding steroid dienone is 2. The number of fused-ring (bicyclic) bond motifs is 1. The van der Waals surface area contributed by atoms with Gasteiger partial charge in [-0.1, -0.05) is 19.1 Å². The van der Waals surface area contributed by atoms with E-state index >= 15 is 0 Å². The van der Waals surface area contributed by atoms with Gasteiger partial charge in [-0.15, -0.1) is 0 Å². The highest BCUT2D eigenvalue weighted by Crippen LogP contribution is 2.10. The van der Waals surface area contributed by atoms with E-state index in [4.69, 9.17) is 0 Å². The van der Waals surface area contributed by atoms with Crippen LogP contribution < -0.4 is 5.56 Å². The summed E-state index contributed by atoms with van der Waals surface area (Å²) in [6.07, 6.45) is 6.13. The maximum Gasteiger partial charge on any atom is 0.252 e. The van der Waals surface area contributed by atoms with Gasteiger partial charge in [0.25, 0.3) is 5.56 Å². The normalized spacial score (nSPS) is 11.4. The van der Waals surface area contributed by atoms with E-state index in [-0.39, 0.29) is 5.56 Å². The molecule has 18 heavy (non-hydrogen) atoms. The van der Waals surface area contributed by atoms with Crippen molar-refractivity contribution in [3.05, 3.63) is 52.5 Å². The Kier molecular flexibility index (Phi) is 3.92. The molecule has 0 atom stereocenters. The van der Waals surface area contributed by atoms with E-state index in [9.17, 15) is 4.79 Å². The third-order valence-corrected chi connectivity index (χ3v) is 2.89. The van der Waals surface area contributed by atoms with Crippen molar-refractivity contribution in [2.45, 2.75) is 33.2 Å². The molecule has 0 saturated heterocycles. The van der Waals surface area contributed by atoms with E-state index in [2.05, 4.69) is 24.1 Å². The smallest absolute Gasteiger partial charge is 0.252 e. The van der Waals surface area contributed by atoms with Crippen LogP contribution >= 0.6 is 0 Å². The lowest BCUT2D eigenvalue weighted by molar-refractivity contribution is 0.699. The Morgan fingerprint density at radius 1 is 1.22 bits per heavy atom. The summed E-state index contributed by atoms with van der Waals surface area (Å²) in [5.74, 6) is 0. The van der Waals surface area contributed by atoms with Crippen LogP contribution in [-0.4, -0.2) is 9.55 Å². The van der Waals surface area contributed by atoms with Crippen LogP contribution in [0, 0.1) is 6.92 Å². The van der Waals surface area contributed by atoms with Gasteiger partial charge in [0.2, 0.25) is 0 Å².